The number of hydrogen-bond acceptors (Lipinski definition) is 1. The molecule has 0 amide bonds. The second-order valence-corrected chi connectivity index (χ2v) is 5.33. The molecule has 98 valence electrons. The summed E-state index contributed by atoms with van der Waals surface area (Å²) in [6.45, 7) is 0.984. The minimum atomic E-state index is 0.709. The Morgan fingerprint density at radius 2 is 1.37 bits per heavy atom. The molecule has 19 heavy (non-hydrogen) atoms. The largest absolute Gasteiger partial charge is 0.341 e. The number of anilines is 2. The Hall–Kier alpha value is -1.47. The predicted octanol–water partition coefficient (Wildman–Crippen LogP) is 4.55. The molecule has 2 aromatic rings. The van der Waals surface area contributed by atoms with Crippen molar-refractivity contribution >= 4 is 23.0 Å². The van der Waals surface area contributed by atoms with Crippen molar-refractivity contribution in [2.24, 2.45) is 0 Å². The van der Waals surface area contributed by atoms with Gasteiger partial charge in [0.1, 0.15) is 0 Å². The first-order chi connectivity index (χ1) is 9.40. The van der Waals surface area contributed by atoms with Crippen LogP contribution in [0.2, 0.25) is 0 Å². The number of hydrogen-bond donors (Lipinski definition) is 0. The molecule has 1 nitrogen and oxygen atoms in total. The van der Waals surface area contributed by atoms with Gasteiger partial charge in [-0.15, -0.1) is 11.6 Å². The van der Waals surface area contributed by atoms with E-state index in [4.69, 9.17) is 11.6 Å². The Bertz CT molecular complexity index is 517. The Balaban J connectivity index is 2.08. The standard InChI is InChI=1S/C17H18ClN/c18-12-5-13-19-16-8-3-1-6-14(16)10-11-15-7-2-4-9-17(15)19/h1-4,6-9H,5,10-13H2. The van der Waals surface area contributed by atoms with Crippen molar-refractivity contribution in [2.75, 3.05) is 17.3 Å². The summed E-state index contributed by atoms with van der Waals surface area (Å²) < 4.78 is 0. The number of rotatable bonds is 3. The number of fused-ring (bicyclic) bond motifs is 2. The Kier molecular flexibility index (Phi) is 3.74. The molecule has 2 aromatic carbocycles. The van der Waals surface area contributed by atoms with Crippen LogP contribution in [-0.2, 0) is 12.8 Å². The zero-order chi connectivity index (χ0) is 13.1. The van der Waals surface area contributed by atoms with E-state index >= 15 is 0 Å². The summed E-state index contributed by atoms with van der Waals surface area (Å²) >= 11 is 5.89. The molecule has 1 aliphatic heterocycles. The number of alkyl halides is 1. The number of nitrogens with zero attached hydrogens (tertiary/aromatic N) is 1. The SMILES string of the molecule is ClCCCN1c2ccccc2CCc2ccccc21. The van der Waals surface area contributed by atoms with E-state index in [-0.39, 0.29) is 0 Å². The van der Waals surface area contributed by atoms with Crippen LogP contribution in [0.15, 0.2) is 48.5 Å². The normalized spacial score (nSPS) is 13.6. The highest BCUT2D eigenvalue weighted by atomic mass is 35.5. The molecular weight excluding hydrogens is 254 g/mol. The topological polar surface area (TPSA) is 3.24 Å². The molecule has 3 rings (SSSR count). The van der Waals surface area contributed by atoms with E-state index in [9.17, 15) is 0 Å². The quantitative estimate of drug-likeness (QED) is 0.740. The average Bonchev–Trinajstić information content (AvgIpc) is 2.62. The Morgan fingerprint density at radius 1 is 0.842 bits per heavy atom. The number of para-hydroxylation sites is 2. The summed E-state index contributed by atoms with van der Waals surface area (Å²) in [5.41, 5.74) is 5.57. The molecular formula is C17H18ClN. The molecule has 2 heteroatoms. The Morgan fingerprint density at radius 3 is 1.89 bits per heavy atom. The fraction of sp³-hybridized carbons (Fsp3) is 0.294. The molecule has 0 fully saturated rings. The molecule has 0 atom stereocenters. The first-order valence-electron chi connectivity index (χ1n) is 6.89. The van der Waals surface area contributed by atoms with E-state index in [1.54, 1.807) is 0 Å². The lowest BCUT2D eigenvalue weighted by Crippen LogP contribution is -2.19. The highest BCUT2D eigenvalue weighted by Crippen LogP contribution is 2.35. The average molecular weight is 272 g/mol. The molecule has 0 unspecified atom stereocenters. The van der Waals surface area contributed by atoms with Gasteiger partial charge in [-0.25, -0.2) is 0 Å². The second kappa shape index (κ2) is 5.66. The van der Waals surface area contributed by atoms with Crippen LogP contribution in [0, 0.1) is 0 Å². The van der Waals surface area contributed by atoms with Crippen LogP contribution in [0.3, 0.4) is 0 Å². The third-order valence-corrected chi connectivity index (χ3v) is 4.01. The van der Waals surface area contributed by atoms with Crippen molar-refractivity contribution in [3.63, 3.8) is 0 Å². The number of halogens is 1. The summed E-state index contributed by atoms with van der Waals surface area (Å²) in [6.07, 6.45) is 3.24. The molecule has 0 aromatic heterocycles. The summed E-state index contributed by atoms with van der Waals surface area (Å²) in [5, 5.41) is 0. The van der Waals surface area contributed by atoms with Crippen LogP contribution >= 0.6 is 11.6 Å². The van der Waals surface area contributed by atoms with Gasteiger partial charge in [-0.05, 0) is 42.5 Å². The first-order valence-corrected chi connectivity index (χ1v) is 7.43. The van der Waals surface area contributed by atoms with Crippen molar-refractivity contribution < 1.29 is 0 Å². The lowest BCUT2D eigenvalue weighted by atomic mass is 10.0. The van der Waals surface area contributed by atoms with Crippen molar-refractivity contribution in [3.05, 3.63) is 59.7 Å². The maximum Gasteiger partial charge on any atom is 0.0443 e. The summed E-state index contributed by atoms with van der Waals surface area (Å²) in [5.74, 6) is 0.709. The van der Waals surface area contributed by atoms with Crippen LogP contribution in [0.1, 0.15) is 17.5 Å². The maximum atomic E-state index is 5.89. The van der Waals surface area contributed by atoms with Gasteiger partial charge < -0.3 is 4.90 Å². The fourth-order valence-corrected chi connectivity index (χ4v) is 2.95. The molecule has 0 radical (unpaired) electrons. The second-order valence-electron chi connectivity index (χ2n) is 4.95. The molecule has 0 saturated carbocycles. The van der Waals surface area contributed by atoms with Crippen molar-refractivity contribution in [1.29, 1.82) is 0 Å². The highest BCUT2D eigenvalue weighted by molar-refractivity contribution is 6.17. The first kappa shape index (κ1) is 12.6. The van der Waals surface area contributed by atoms with Crippen LogP contribution < -0.4 is 4.90 Å². The molecule has 0 aliphatic carbocycles. The van der Waals surface area contributed by atoms with Gasteiger partial charge in [-0.1, -0.05) is 36.4 Å². The molecule has 0 spiro atoms. The van der Waals surface area contributed by atoms with Crippen LogP contribution in [0.25, 0.3) is 0 Å². The maximum absolute atomic E-state index is 5.89. The molecule has 0 N–H and O–H groups in total. The highest BCUT2D eigenvalue weighted by Gasteiger charge is 2.19. The molecule has 0 saturated heterocycles. The smallest absolute Gasteiger partial charge is 0.0443 e. The van der Waals surface area contributed by atoms with E-state index in [2.05, 4.69) is 53.4 Å². The predicted molar refractivity (Wildman–Crippen MR) is 82.6 cm³/mol. The zero-order valence-electron chi connectivity index (χ0n) is 11.0. The van der Waals surface area contributed by atoms with Gasteiger partial charge in [0.25, 0.3) is 0 Å². The van der Waals surface area contributed by atoms with E-state index in [1.165, 1.54) is 22.5 Å². The van der Waals surface area contributed by atoms with Gasteiger partial charge >= 0.3 is 0 Å². The van der Waals surface area contributed by atoms with E-state index in [0.717, 1.165) is 25.8 Å². The summed E-state index contributed by atoms with van der Waals surface area (Å²) in [7, 11) is 0. The molecule has 0 bridgehead atoms. The zero-order valence-corrected chi connectivity index (χ0v) is 11.7. The van der Waals surface area contributed by atoms with Crippen LogP contribution in [-0.4, -0.2) is 12.4 Å². The van der Waals surface area contributed by atoms with Gasteiger partial charge in [0.05, 0.1) is 0 Å². The lowest BCUT2D eigenvalue weighted by molar-refractivity contribution is 0.888. The van der Waals surface area contributed by atoms with E-state index < -0.39 is 0 Å². The lowest BCUT2D eigenvalue weighted by Gasteiger charge is -2.26. The number of benzene rings is 2. The third kappa shape index (κ3) is 2.48. The van der Waals surface area contributed by atoms with Crippen molar-refractivity contribution in [3.8, 4) is 0 Å². The van der Waals surface area contributed by atoms with Gasteiger partial charge in [-0.2, -0.15) is 0 Å². The monoisotopic (exact) mass is 271 g/mol. The minimum absolute atomic E-state index is 0.709. The van der Waals surface area contributed by atoms with Crippen LogP contribution in [0.4, 0.5) is 11.4 Å². The van der Waals surface area contributed by atoms with Gasteiger partial charge in [0.2, 0.25) is 0 Å². The van der Waals surface area contributed by atoms with E-state index in [1.807, 2.05) is 0 Å². The van der Waals surface area contributed by atoms with E-state index in [0.29, 0.717) is 5.88 Å². The summed E-state index contributed by atoms with van der Waals surface area (Å²) in [4.78, 5) is 2.43. The number of aryl methyl sites for hydroxylation is 2. The van der Waals surface area contributed by atoms with Gasteiger partial charge in [0, 0.05) is 23.8 Å². The third-order valence-electron chi connectivity index (χ3n) is 3.74. The van der Waals surface area contributed by atoms with Gasteiger partial charge in [0.15, 0.2) is 0 Å². The minimum Gasteiger partial charge on any atom is -0.341 e. The summed E-state index contributed by atoms with van der Waals surface area (Å²) in [6, 6.07) is 17.5. The van der Waals surface area contributed by atoms with Gasteiger partial charge in [-0.3, -0.25) is 0 Å². The molecule has 1 heterocycles. The Labute approximate surface area is 119 Å². The molecule has 1 aliphatic rings. The van der Waals surface area contributed by atoms with Crippen LogP contribution in [0.5, 0.6) is 0 Å². The fourth-order valence-electron chi connectivity index (χ4n) is 2.83. The van der Waals surface area contributed by atoms with Crippen molar-refractivity contribution in [2.45, 2.75) is 19.3 Å². The van der Waals surface area contributed by atoms with Crippen molar-refractivity contribution in [1.82, 2.24) is 0 Å².